The van der Waals surface area contributed by atoms with E-state index in [-0.39, 0.29) is 5.91 Å². The van der Waals surface area contributed by atoms with Gasteiger partial charge in [0, 0.05) is 26.2 Å². The van der Waals surface area contributed by atoms with E-state index < -0.39 is 6.17 Å². The first-order chi connectivity index (χ1) is 12.0. The van der Waals surface area contributed by atoms with E-state index in [1.54, 1.807) is 7.11 Å². The van der Waals surface area contributed by atoms with Crippen LogP contribution in [0.5, 0.6) is 5.75 Å². The maximum absolute atomic E-state index is 13.2. The zero-order chi connectivity index (χ0) is 18.0. The Morgan fingerprint density at radius 1 is 1.28 bits per heavy atom. The Kier molecular flexibility index (Phi) is 5.47. The lowest BCUT2D eigenvalue weighted by Gasteiger charge is -2.34. The number of piperidine rings is 1. The highest BCUT2D eigenvalue weighted by Gasteiger charge is 2.28. The lowest BCUT2D eigenvalue weighted by Crippen LogP contribution is -2.43. The Labute approximate surface area is 148 Å². The molecular weight excluding hydrogens is 321 g/mol. The van der Waals surface area contributed by atoms with Crippen LogP contribution in [0.1, 0.15) is 36.3 Å². The Balaban J connectivity index is 1.57. The topological polar surface area (TPSA) is 58.8 Å². The molecule has 1 aromatic carbocycles. The van der Waals surface area contributed by atoms with Gasteiger partial charge in [0.1, 0.15) is 11.9 Å². The van der Waals surface area contributed by atoms with Crippen molar-refractivity contribution in [2.75, 3.05) is 45.6 Å². The van der Waals surface area contributed by atoms with Gasteiger partial charge < -0.3 is 15.4 Å². The molecule has 1 atom stereocenters. The third-order valence-corrected chi connectivity index (χ3v) is 5.48. The number of anilines is 1. The molecule has 0 spiro atoms. The molecule has 0 bridgehead atoms. The van der Waals surface area contributed by atoms with Gasteiger partial charge in [0.05, 0.1) is 19.3 Å². The van der Waals surface area contributed by atoms with Crippen molar-refractivity contribution >= 4 is 11.6 Å². The molecule has 2 saturated heterocycles. The number of hydrogen-bond acceptors (Lipinski definition) is 4. The minimum atomic E-state index is -0.776. The third kappa shape index (κ3) is 4.06. The van der Waals surface area contributed by atoms with Crippen molar-refractivity contribution < 1.29 is 13.9 Å². The molecule has 0 unspecified atom stereocenters. The largest absolute Gasteiger partial charge is 0.495 e. The molecule has 25 heavy (non-hydrogen) atoms. The van der Waals surface area contributed by atoms with Crippen molar-refractivity contribution in [1.82, 2.24) is 9.80 Å². The van der Waals surface area contributed by atoms with Gasteiger partial charge in [-0.05, 0) is 55.4 Å². The molecule has 3 rings (SSSR count). The average Bonchev–Trinajstić information content (AvgIpc) is 3.00. The van der Waals surface area contributed by atoms with E-state index in [0.29, 0.717) is 43.4 Å². The van der Waals surface area contributed by atoms with Crippen LogP contribution >= 0.6 is 0 Å². The summed E-state index contributed by atoms with van der Waals surface area (Å²) in [6, 6.07) is 4.00. The van der Waals surface area contributed by atoms with Crippen LogP contribution in [0.2, 0.25) is 0 Å². The van der Waals surface area contributed by atoms with E-state index in [2.05, 4.69) is 6.92 Å². The fraction of sp³-hybridized carbons (Fsp3) is 0.632. The third-order valence-electron chi connectivity index (χ3n) is 5.48. The van der Waals surface area contributed by atoms with Crippen LogP contribution in [0.25, 0.3) is 0 Å². The van der Waals surface area contributed by atoms with Gasteiger partial charge >= 0.3 is 0 Å². The fourth-order valence-corrected chi connectivity index (χ4v) is 4.00. The van der Waals surface area contributed by atoms with Gasteiger partial charge in [0.15, 0.2) is 0 Å². The molecular formula is C19H28FN3O2. The number of amides is 1. The number of rotatable bonds is 4. The molecule has 2 N–H and O–H groups in total. The summed E-state index contributed by atoms with van der Waals surface area (Å²) in [4.78, 5) is 16.3. The van der Waals surface area contributed by atoms with E-state index in [0.717, 1.165) is 25.9 Å². The molecule has 0 radical (unpaired) electrons. The monoisotopic (exact) mass is 349 g/mol. The molecule has 0 aromatic heterocycles. The summed E-state index contributed by atoms with van der Waals surface area (Å²) in [6.07, 6.45) is 1.65. The molecule has 2 heterocycles. The van der Waals surface area contributed by atoms with Gasteiger partial charge in [-0.2, -0.15) is 0 Å². The number of benzene rings is 1. The Hall–Kier alpha value is -1.82. The van der Waals surface area contributed by atoms with Crippen LogP contribution < -0.4 is 10.5 Å². The predicted octanol–water partition coefficient (Wildman–Crippen LogP) is 2.34. The number of nitrogens with zero attached hydrogens (tertiary/aromatic N) is 2. The zero-order valence-electron chi connectivity index (χ0n) is 15.1. The molecule has 138 valence electrons. The minimum absolute atomic E-state index is 0.124. The van der Waals surface area contributed by atoms with Crippen molar-refractivity contribution in [2.45, 2.75) is 38.3 Å². The van der Waals surface area contributed by atoms with Crippen molar-refractivity contribution in [3.05, 3.63) is 23.3 Å². The smallest absolute Gasteiger partial charge is 0.236 e. The van der Waals surface area contributed by atoms with E-state index in [4.69, 9.17) is 10.5 Å². The summed E-state index contributed by atoms with van der Waals surface area (Å²) < 4.78 is 18.6. The van der Waals surface area contributed by atoms with Crippen LogP contribution in [0, 0.1) is 6.92 Å². The summed E-state index contributed by atoms with van der Waals surface area (Å²) in [6.45, 7) is 5.01. The van der Waals surface area contributed by atoms with Crippen molar-refractivity contribution in [2.24, 2.45) is 0 Å². The van der Waals surface area contributed by atoms with Crippen molar-refractivity contribution in [1.29, 1.82) is 0 Å². The Bertz CT molecular complexity index is 629. The lowest BCUT2D eigenvalue weighted by molar-refractivity contribution is -0.133. The minimum Gasteiger partial charge on any atom is -0.495 e. The number of carbonyl (C=O) groups is 1. The summed E-state index contributed by atoms with van der Waals surface area (Å²) in [5.41, 5.74) is 9.07. The Morgan fingerprint density at radius 2 is 2.00 bits per heavy atom. The highest BCUT2D eigenvalue weighted by molar-refractivity contribution is 5.78. The van der Waals surface area contributed by atoms with E-state index >= 15 is 0 Å². The number of methoxy groups -OCH3 is 1. The first-order valence-corrected chi connectivity index (χ1v) is 9.06. The van der Waals surface area contributed by atoms with E-state index in [1.807, 2.05) is 21.9 Å². The molecule has 1 aromatic rings. The van der Waals surface area contributed by atoms with Crippen LogP contribution in [0.3, 0.4) is 0 Å². The number of nitrogens with two attached hydrogens (primary N) is 1. The fourth-order valence-electron chi connectivity index (χ4n) is 4.00. The summed E-state index contributed by atoms with van der Waals surface area (Å²) in [5.74, 6) is 1.26. The summed E-state index contributed by atoms with van der Waals surface area (Å²) in [7, 11) is 1.63. The maximum atomic E-state index is 13.2. The highest BCUT2D eigenvalue weighted by Crippen LogP contribution is 2.35. The number of aryl methyl sites for hydroxylation is 1. The maximum Gasteiger partial charge on any atom is 0.236 e. The summed E-state index contributed by atoms with van der Waals surface area (Å²) in [5, 5.41) is 0. The molecule has 0 aliphatic carbocycles. The average molecular weight is 349 g/mol. The van der Waals surface area contributed by atoms with Gasteiger partial charge in [-0.3, -0.25) is 9.69 Å². The van der Waals surface area contributed by atoms with Crippen LogP contribution in [-0.4, -0.2) is 61.7 Å². The van der Waals surface area contributed by atoms with Crippen LogP contribution in [0.4, 0.5) is 10.1 Å². The number of likely N-dealkylation sites (tertiary alicyclic amines) is 2. The SMILES string of the molecule is COc1cc(C2CCN(C(=O)CN3CC[C@@H](F)C3)CC2)c(C)cc1N. The van der Waals surface area contributed by atoms with Crippen LogP contribution in [0.15, 0.2) is 12.1 Å². The van der Waals surface area contributed by atoms with Crippen molar-refractivity contribution in [3.8, 4) is 5.75 Å². The van der Waals surface area contributed by atoms with E-state index in [9.17, 15) is 9.18 Å². The number of hydrogen-bond donors (Lipinski definition) is 1. The standard InChI is InChI=1S/C19H28FN3O2/c1-13-9-17(21)18(25-2)10-16(13)14-3-7-23(8-4-14)19(24)12-22-6-5-15(20)11-22/h9-10,14-15H,3-8,11-12,21H2,1-2H3/t15-/m1/s1. The molecule has 2 aliphatic heterocycles. The van der Waals surface area contributed by atoms with E-state index in [1.165, 1.54) is 11.1 Å². The number of carbonyl (C=O) groups excluding carboxylic acids is 1. The number of alkyl halides is 1. The first kappa shape index (κ1) is 18.0. The number of ether oxygens (including phenoxy) is 1. The van der Waals surface area contributed by atoms with Gasteiger partial charge in [-0.15, -0.1) is 0 Å². The molecule has 0 saturated carbocycles. The van der Waals surface area contributed by atoms with Gasteiger partial charge in [0.25, 0.3) is 0 Å². The number of halogens is 1. The second kappa shape index (κ2) is 7.60. The molecule has 1 amide bonds. The van der Waals surface area contributed by atoms with Gasteiger partial charge in [-0.25, -0.2) is 4.39 Å². The quantitative estimate of drug-likeness (QED) is 0.848. The second-order valence-electron chi connectivity index (χ2n) is 7.23. The van der Waals surface area contributed by atoms with Gasteiger partial charge in [-0.1, -0.05) is 0 Å². The second-order valence-corrected chi connectivity index (χ2v) is 7.23. The molecule has 5 nitrogen and oxygen atoms in total. The Morgan fingerprint density at radius 3 is 2.60 bits per heavy atom. The zero-order valence-corrected chi connectivity index (χ0v) is 15.1. The predicted molar refractivity (Wildman–Crippen MR) is 96.7 cm³/mol. The molecule has 6 heteroatoms. The highest BCUT2D eigenvalue weighted by atomic mass is 19.1. The normalized spacial score (nSPS) is 22.4. The van der Waals surface area contributed by atoms with Crippen molar-refractivity contribution in [3.63, 3.8) is 0 Å². The lowest BCUT2D eigenvalue weighted by atomic mass is 9.86. The molecule has 2 aliphatic rings. The van der Waals surface area contributed by atoms with Gasteiger partial charge in [0.2, 0.25) is 5.91 Å². The summed E-state index contributed by atoms with van der Waals surface area (Å²) >= 11 is 0. The number of nitrogen functional groups attached to an aromatic ring is 1. The molecule has 2 fully saturated rings. The van der Waals surface area contributed by atoms with Crippen LogP contribution in [-0.2, 0) is 4.79 Å². The first-order valence-electron chi connectivity index (χ1n) is 9.06.